The van der Waals surface area contributed by atoms with Crippen molar-refractivity contribution < 1.29 is 39.2 Å². The Morgan fingerprint density at radius 2 is 1.66 bits per heavy atom. The van der Waals surface area contributed by atoms with Crippen LogP contribution in [0.5, 0.6) is 5.75 Å². The summed E-state index contributed by atoms with van der Waals surface area (Å²) in [6.45, 7) is 4.23. The number of phenols is 1. The van der Waals surface area contributed by atoms with Gasteiger partial charge in [-0.25, -0.2) is 9.59 Å². The molecule has 0 unspecified atom stereocenters. The molecule has 5 N–H and O–H groups in total. The minimum Gasteiger partial charge on any atom is -0.508 e. The van der Waals surface area contributed by atoms with Gasteiger partial charge in [-0.05, 0) is 79.8 Å². The second-order valence-corrected chi connectivity index (χ2v) is 10.2. The Morgan fingerprint density at radius 1 is 0.886 bits per heavy atom. The average Bonchev–Trinajstić information content (AvgIpc) is 3.02. The number of carbonyl (C=O) groups is 2. The Hall–Kier alpha value is -4.00. The summed E-state index contributed by atoms with van der Waals surface area (Å²) in [5, 5.41) is 36.1. The molecular weight excluding hydrogens is 566 g/mol. The number of benzene rings is 3. The molecule has 11 nitrogen and oxygen atoms in total. The molecule has 0 aromatic heterocycles. The molecule has 3 aromatic carbocycles. The van der Waals surface area contributed by atoms with Crippen LogP contribution in [0.15, 0.2) is 72.8 Å². The van der Waals surface area contributed by atoms with E-state index in [0.29, 0.717) is 55.5 Å². The van der Waals surface area contributed by atoms with Gasteiger partial charge < -0.3 is 40.3 Å². The first kappa shape index (κ1) is 34.5. The van der Waals surface area contributed by atoms with Crippen molar-refractivity contribution in [2.45, 2.75) is 51.9 Å². The highest BCUT2D eigenvalue weighted by molar-refractivity contribution is 6.01. The fourth-order valence-corrected chi connectivity index (χ4v) is 4.29. The third kappa shape index (κ3) is 12.3. The fourth-order valence-electron chi connectivity index (χ4n) is 4.29. The van der Waals surface area contributed by atoms with Crippen molar-refractivity contribution in [3.8, 4) is 5.75 Å². The number of aliphatic hydroxyl groups excluding tert-OH is 2. The van der Waals surface area contributed by atoms with Crippen LogP contribution in [0.3, 0.4) is 0 Å². The minimum absolute atomic E-state index is 0.0193. The Balaban J connectivity index is 1.25. The van der Waals surface area contributed by atoms with E-state index in [1.807, 2.05) is 12.1 Å². The standard InChI is InChI=1S/C33H43N3O8/c1-25(38)44-36(33(41)35-29-11-4-2-5-12-29)30-13-8-10-26(20-30)24-43-19-9-18-42-17-7-3-6-16-34-22-32(40)27-14-15-31(39)28(21-27)23-37/h2,4-5,8,10-15,20-21,32,34,37,39-40H,3,6-7,9,16-19,22-24H2,1H3,(H,35,41)/t32-/m0/s1. The van der Waals surface area contributed by atoms with Gasteiger partial charge in [0.05, 0.1) is 25.0 Å². The Kier molecular flexibility index (Phi) is 15.1. The van der Waals surface area contributed by atoms with Gasteiger partial charge in [-0.1, -0.05) is 36.4 Å². The summed E-state index contributed by atoms with van der Waals surface area (Å²) in [5.74, 6) is -0.599. The van der Waals surface area contributed by atoms with E-state index in [0.717, 1.165) is 42.9 Å². The van der Waals surface area contributed by atoms with Gasteiger partial charge >= 0.3 is 12.0 Å². The van der Waals surface area contributed by atoms with Crippen molar-refractivity contribution >= 4 is 23.4 Å². The number of hydrogen-bond donors (Lipinski definition) is 5. The number of nitrogens with one attached hydrogen (secondary N) is 2. The van der Waals surface area contributed by atoms with Crippen LogP contribution in [0.2, 0.25) is 0 Å². The molecular formula is C33H43N3O8. The summed E-state index contributed by atoms with van der Waals surface area (Å²) >= 11 is 0. The number of aliphatic hydroxyl groups is 2. The molecule has 0 radical (unpaired) electrons. The van der Waals surface area contributed by atoms with E-state index in [4.69, 9.17) is 14.3 Å². The number of hydroxylamine groups is 1. The maximum Gasteiger partial charge on any atom is 0.359 e. The highest BCUT2D eigenvalue weighted by Gasteiger charge is 2.20. The molecule has 0 heterocycles. The molecule has 11 heteroatoms. The zero-order valence-corrected chi connectivity index (χ0v) is 25.1. The average molecular weight is 610 g/mol. The van der Waals surface area contributed by atoms with E-state index in [1.165, 1.54) is 13.0 Å². The number of aromatic hydroxyl groups is 1. The monoisotopic (exact) mass is 609 g/mol. The highest BCUT2D eigenvalue weighted by atomic mass is 16.7. The first-order valence-corrected chi connectivity index (χ1v) is 14.8. The van der Waals surface area contributed by atoms with Crippen molar-refractivity contribution in [1.82, 2.24) is 5.32 Å². The topological polar surface area (TPSA) is 150 Å². The van der Waals surface area contributed by atoms with E-state index in [2.05, 4.69) is 10.6 Å². The van der Waals surface area contributed by atoms with E-state index in [1.54, 1.807) is 54.6 Å². The number of rotatable bonds is 18. The largest absolute Gasteiger partial charge is 0.508 e. The lowest BCUT2D eigenvalue weighted by molar-refractivity contribution is -0.141. The molecule has 1 atom stereocenters. The van der Waals surface area contributed by atoms with Crippen molar-refractivity contribution in [3.63, 3.8) is 0 Å². The van der Waals surface area contributed by atoms with Crippen LogP contribution in [-0.4, -0.2) is 60.2 Å². The van der Waals surface area contributed by atoms with Gasteiger partial charge in [-0.3, -0.25) is 0 Å². The summed E-state index contributed by atoms with van der Waals surface area (Å²) in [6, 6.07) is 20.1. The van der Waals surface area contributed by atoms with Crippen molar-refractivity contribution in [2.24, 2.45) is 0 Å². The lowest BCUT2D eigenvalue weighted by Crippen LogP contribution is -2.36. The molecule has 0 aliphatic carbocycles. The second kappa shape index (κ2) is 19.3. The molecule has 238 valence electrons. The molecule has 3 rings (SSSR count). The zero-order valence-electron chi connectivity index (χ0n) is 25.1. The van der Waals surface area contributed by atoms with Crippen LogP contribution in [-0.2, 0) is 32.3 Å². The van der Waals surface area contributed by atoms with Crippen molar-refractivity contribution in [2.75, 3.05) is 43.3 Å². The Labute approximate surface area is 258 Å². The molecule has 0 saturated carbocycles. The maximum absolute atomic E-state index is 12.8. The van der Waals surface area contributed by atoms with Gasteiger partial charge in [-0.2, -0.15) is 0 Å². The molecule has 0 saturated heterocycles. The third-order valence-corrected chi connectivity index (χ3v) is 6.56. The van der Waals surface area contributed by atoms with E-state index in [-0.39, 0.29) is 12.4 Å². The second-order valence-electron chi connectivity index (χ2n) is 10.2. The smallest absolute Gasteiger partial charge is 0.359 e. The Bertz CT molecular complexity index is 1290. The van der Waals surface area contributed by atoms with Crippen molar-refractivity contribution in [1.29, 1.82) is 0 Å². The predicted molar refractivity (Wildman–Crippen MR) is 167 cm³/mol. The first-order valence-electron chi connectivity index (χ1n) is 14.8. The number of ether oxygens (including phenoxy) is 2. The minimum atomic E-state index is -0.711. The molecule has 44 heavy (non-hydrogen) atoms. The van der Waals surface area contributed by atoms with Gasteiger partial charge in [-0.15, -0.1) is 5.06 Å². The van der Waals surface area contributed by atoms with E-state index in [9.17, 15) is 24.9 Å². The summed E-state index contributed by atoms with van der Waals surface area (Å²) in [4.78, 5) is 29.6. The van der Waals surface area contributed by atoms with Gasteiger partial charge in [0.1, 0.15) is 5.75 Å². The summed E-state index contributed by atoms with van der Waals surface area (Å²) in [6.07, 6.45) is 2.92. The number of nitrogens with zero attached hydrogens (tertiary/aromatic N) is 1. The normalized spacial score (nSPS) is 11.6. The molecule has 0 bridgehead atoms. The summed E-state index contributed by atoms with van der Waals surface area (Å²) in [5.41, 5.74) is 2.85. The van der Waals surface area contributed by atoms with Gasteiger partial charge in [0.25, 0.3) is 0 Å². The van der Waals surface area contributed by atoms with E-state index >= 15 is 0 Å². The number of carbonyl (C=O) groups excluding carboxylic acids is 2. The van der Waals surface area contributed by atoms with Crippen molar-refractivity contribution in [3.05, 3.63) is 89.5 Å². The zero-order chi connectivity index (χ0) is 31.6. The van der Waals surface area contributed by atoms with Gasteiger partial charge in [0.2, 0.25) is 0 Å². The van der Waals surface area contributed by atoms with Crippen LogP contribution < -0.4 is 15.7 Å². The van der Waals surface area contributed by atoms with Crippen LogP contribution >= 0.6 is 0 Å². The van der Waals surface area contributed by atoms with Gasteiger partial charge in [0.15, 0.2) is 0 Å². The van der Waals surface area contributed by atoms with Gasteiger partial charge in [0, 0.05) is 44.5 Å². The van der Waals surface area contributed by atoms with Crippen LogP contribution in [0.1, 0.15) is 55.4 Å². The maximum atomic E-state index is 12.8. The lowest BCUT2D eigenvalue weighted by Gasteiger charge is -2.21. The van der Waals surface area contributed by atoms with E-state index < -0.39 is 18.1 Å². The Morgan fingerprint density at radius 3 is 2.43 bits per heavy atom. The molecule has 0 spiro atoms. The highest BCUT2D eigenvalue weighted by Crippen LogP contribution is 2.22. The fraction of sp³-hybridized carbons (Fsp3) is 0.394. The third-order valence-electron chi connectivity index (χ3n) is 6.56. The number of urea groups is 1. The number of para-hydroxylation sites is 1. The van der Waals surface area contributed by atoms with Crippen LogP contribution in [0, 0.1) is 0 Å². The first-order chi connectivity index (χ1) is 21.4. The number of anilines is 2. The predicted octanol–water partition coefficient (Wildman–Crippen LogP) is 4.82. The summed E-state index contributed by atoms with van der Waals surface area (Å²) < 4.78 is 11.5. The molecule has 3 aromatic rings. The molecule has 2 amide bonds. The summed E-state index contributed by atoms with van der Waals surface area (Å²) in [7, 11) is 0. The SMILES string of the molecule is CC(=O)ON(C(=O)Nc1ccccc1)c1cccc(COCCCOCCCCCNC[C@H](O)c2ccc(O)c(CO)c2)c1. The molecule has 0 aliphatic heterocycles. The quantitative estimate of drug-likeness (QED) is 0.101. The lowest BCUT2D eigenvalue weighted by atomic mass is 10.1. The number of hydrogen-bond acceptors (Lipinski definition) is 9. The number of amides is 2. The van der Waals surface area contributed by atoms with Crippen LogP contribution in [0.4, 0.5) is 16.2 Å². The molecule has 0 aliphatic rings. The van der Waals surface area contributed by atoms with Crippen LogP contribution in [0.25, 0.3) is 0 Å². The molecule has 0 fully saturated rings. The number of unbranched alkanes of at least 4 members (excludes halogenated alkanes) is 2.